The molecule has 5 rings (SSSR count). The number of fused-ring (bicyclic) bond motifs is 2. The number of amides is 1. The average Bonchev–Trinajstić information content (AvgIpc) is 3.31. The Kier molecular flexibility index (Phi) is 8.24. The van der Waals surface area contributed by atoms with E-state index in [1.54, 1.807) is 14.2 Å². The molecule has 0 bridgehead atoms. The van der Waals surface area contributed by atoms with Gasteiger partial charge in [-0.25, -0.2) is 8.42 Å². The van der Waals surface area contributed by atoms with Crippen LogP contribution in [0.25, 0.3) is 10.2 Å². The molecule has 3 aromatic carbocycles. The summed E-state index contributed by atoms with van der Waals surface area (Å²) in [6.45, 7) is 3.85. The molecule has 11 heteroatoms. The second kappa shape index (κ2) is 11.8. The molecule has 0 fully saturated rings. The fourth-order valence-corrected chi connectivity index (χ4v) is 7.40. The van der Waals surface area contributed by atoms with E-state index in [2.05, 4.69) is 4.99 Å². The van der Waals surface area contributed by atoms with Crippen LogP contribution in [0.2, 0.25) is 0 Å². The first-order chi connectivity index (χ1) is 19.4. The van der Waals surface area contributed by atoms with Crippen molar-refractivity contribution >= 4 is 43.2 Å². The van der Waals surface area contributed by atoms with E-state index < -0.39 is 15.9 Å². The number of para-hydroxylation sites is 1. The van der Waals surface area contributed by atoms with Crippen LogP contribution in [-0.2, 0) is 27.7 Å². The summed E-state index contributed by atoms with van der Waals surface area (Å²) >= 11 is 1.36. The minimum absolute atomic E-state index is 0.133. The van der Waals surface area contributed by atoms with E-state index in [1.807, 2.05) is 47.9 Å². The van der Waals surface area contributed by atoms with Crippen LogP contribution in [0.1, 0.15) is 29.3 Å². The van der Waals surface area contributed by atoms with E-state index in [0.29, 0.717) is 53.9 Å². The number of hydrogen-bond acceptors (Lipinski definition) is 7. The average molecular weight is 582 g/mol. The van der Waals surface area contributed by atoms with Gasteiger partial charge in [0.1, 0.15) is 0 Å². The van der Waals surface area contributed by atoms with Gasteiger partial charge in [0.05, 0.1) is 41.6 Å². The van der Waals surface area contributed by atoms with Crippen LogP contribution in [0.3, 0.4) is 0 Å². The summed E-state index contributed by atoms with van der Waals surface area (Å²) in [7, 11) is -0.630. The largest absolute Gasteiger partial charge is 0.493 e. The first kappa shape index (κ1) is 27.9. The maximum atomic E-state index is 13.5. The molecule has 0 atom stereocenters. The lowest BCUT2D eigenvalue weighted by Gasteiger charge is -2.30. The van der Waals surface area contributed by atoms with Crippen LogP contribution < -0.4 is 18.6 Å². The predicted octanol–water partition coefficient (Wildman–Crippen LogP) is 4.64. The molecule has 0 N–H and O–H groups in total. The molecule has 210 valence electrons. The van der Waals surface area contributed by atoms with Crippen LogP contribution in [-0.4, -0.2) is 52.9 Å². The molecule has 40 heavy (non-hydrogen) atoms. The van der Waals surface area contributed by atoms with Gasteiger partial charge < -0.3 is 18.8 Å². The van der Waals surface area contributed by atoms with Crippen LogP contribution >= 0.6 is 11.3 Å². The lowest BCUT2D eigenvalue weighted by atomic mass is 10.0. The van der Waals surface area contributed by atoms with Gasteiger partial charge in [-0.2, -0.15) is 4.99 Å². The molecule has 1 aliphatic heterocycles. The van der Waals surface area contributed by atoms with Crippen molar-refractivity contribution in [3.63, 3.8) is 0 Å². The highest BCUT2D eigenvalue weighted by atomic mass is 32.2. The van der Waals surface area contributed by atoms with Gasteiger partial charge in [-0.05, 0) is 55.7 Å². The molecule has 0 radical (unpaired) electrons. The molecule has 2 heterocycles. The van der Waals surface area contributed by atoms with E-state index in [9.17, 15) is 13.2 Å². The van der Waals surface area contributed by atoms with Gasteiger partial charge >= 0.3 is 0 Å². The predicted molar refractivity (Wildman–Crippen MR) is 155 cm³/mol. The van der Waals surface area contributed by atoms with Crippen molar-refractivity contribution in [2.75, 3.05) is 38.3 Å². The topological polar surface area (TPSA) is 99.4 Å². The highest BCUT2D eigenvalue weighted by Gasteiger charge is 2.29. The van der Waals surface area contributed by atoms with Crippen molar-refractivity contribution in [3.05, 3.63) is 76.6 Å². The van der Waals surface area contributed by atoms with E-state index in [-0.39, 0.29) is 4.90 Å². The number of aryl methyl sites for hydroxylation is 1. The molecule has 0 saturated carbocycles. The number of ether oxygens (including phenoxy) is 3. The zero-order chi connectivity index (χ0) is 28.3. The molecule has 1 amide bonds. The highest BCUT2D eigenvalue weighted by Crippen LogP contribution is 2.34. The number of nitrogens with zero attached hydrogens (tertiary/aromatic N) is 3. The third kappa shape index (κ3) is 5.36. The maximum absolute atomic E-state index is 13.5. The van der Waals surface area contributed by atoms with Crippen LogP contribution in [0.5, 0.6) is 11.5 Å². The van der Waals surface area contributed by atoms with Crippen molar-refractivity contribution in [2.45, 2.75) is 31.2 Å². The Morgan fingerprint density at radius 1 is 1.02 bits per heavy atom. The molecular formula is C29H31N3O6S2. The third-order valence-electron chi connectivity index (χ3n) is 6.81. The molecule has 9 nitrogen and oxygen atoms in total. The molecule has 0 saturated heterocycles. The highest BCUT2D eigenvalue weighted by molar-refractivity contribution is 7.92. The van der Waals surface area contributed by atoms with Crippen LogP contribution in [0.4, 0.5) is 5.69 Å². The summed E-state index contributed by atoms with van der Waals surface area (Å²) in [5.74, 6) is 0.686. The fraction of sp³-hybridized carbons (Fsp3) is 0.310. The van der Waals surface area contributed by atoms with Crippen molar-refractivity contribution < 1.29 is 27.4 Å². The number of anilines is 1. The summed E-state index contributed by atoms with van der Waals surface area (Å²) in [5.41, 5.74) is 2.86. The van der Waals surface area contributed by atoms with Crippen LogP contribution in [0, 0.1) is 0 Å². The zero-order valence-electron chi connectivity index (χ0n) is 22.6. The number of rotatable bonds is 9. The Bertz CT molecular complexity index is 1710. The standard InChI is InChI=1S/C29H31N3O6S2/c1-4-38-17-16-31-24-18-25(36-2)26(37-3)19-27(24)39-29(31)30-28(33)21-11-13-22(14-12-21)40(34,35)32-15-7-9-20-8-5-6-10-23(20)32/h5-6,8,10-14,18-19H,4,7,9,15-17H2,1-3H3. The summed E-state index contributed by atoms with van der Waals surface area (Å²) in [4.78, 5) is 18.3. The Hall–Kier alpha value is -3.67. The van der Waals surface area contributed by atoms with Crippen LogP contribution in [0.15, 0.2) is 70.6 Å². The van der Waals surface area contributed by atoms with E-state index in [4.69, 9.17) is 14.2 Å². The first-order valence-electron chi connectivity index (χ1n) is 13.0. The number of thiazole rings is 1. The normalized spacial score (nSPS) is 13.9. The molecule has 4 aromatic rings. The minimum Gasteiger partial charge on any atom is -0.493 e. The zero-order valence-corrected chi connectivity index (χ0v) is 24.3. The molecule has 0 spiro atoms. The van der Waals surface area contributed by atoms with Gasteiger partial charge in [0.25, 0.3) is 15.9 Å². The van der Waals surface area contributed by atoms with Crippen molar-refractivity contribution in [2.24, 2.45) is 4.99 Å². The van der Waals surface area contributed by atoms with E-state index in [0.717, 1.165) is 28.6 Å². The Balaban J connectivity index is 1.48. The Morgan fingerprint density at radius 3 is 2.48 bits per heavy atom. The smallest absolute Gasteiger partial charge is 0.279 e. The van der Waals surface area contributed by atoms with Gasteiger partial charge in [-0.3, -0.25) is 9.10 Å². The molecule has 0 unspecified atom stereocenters. The lowest BCUT2D eigenvalue weighted by molar-refractivity contribution is 0.0996. The number of sulfonamides is 1. The van der Waals surface area contributed by atoms with Crippen molar-refractivity contribution in [1.82, 2.24) is 4.57 Å². The first-order valence-corrected chi connectivity index (χ1v) is 15.3. The molecule has 1 aromatic heterocycles. The number of aromatic nitrogens is 1. The summed E-state index contributed by atoms with van der Waals surface area (Å²) in [6, 6.07) is 17.2. The summed E-state index contributed by atoms with van der Waals surface area (Å²) < 4.78 is 47.7. The third-order valence-corrected chi connectivity index (χ3v) is 9.67. The number of hydrogen-bond donors (Lipinski definition) is 0. The summed E-state index contributed by atoms with van der Waals surface area (Å²) in [5, 5.41) is 0. The number of methoxy groups -OCH3 is 2. The van der Waals surface area contributed by atoms with Gasteiger partial charge in [0.2, 0.25) is 0 Å². The number of carbonyl (C=O) groups excluding carboxylic acids is 1. The number of carbonyl (C=O) groups is 1. The van der Waals surface area contributed by atoms with Crippen molar-refractivity contribution in [3.8, 4) is 11.5 Å². The minimum atomic E-state index is -3.78. The second-order valence-corrected chi connectivity index (χ2v) is 12.0. The Labute approximate surface area is 237 Å². The van der Waals surface area contributed by atoms with Gasteiger partial charge in [0, 0.05) is 37.4 Å². The SMILES string of the molecule is CCOCCn1c(=NC(=O)c2ccc(S(=O)(=O)N3CCCc4ccccc43)cc2)sc2cc(OC)c(OC)cc21. The fourth-order valence-electron chi connectivity index (χ4n) is 4.80. The van der Waals surface area contributed by atoms with Gasteiger partial charge in [0.15, 0.2) is 16.3 Å². The van der Waals surface area contributed by atoms with E-state index in [1.165, 1.54) is 39.9 Å². The monoisotopic (exact) mass is 581 g/mol. The maximum Gasteiger partial charge on any atom is 0.279 e. The summed E-state index contributed by atoms with van der Waals surface area (Å²) in [6.07, 6.45) is 1.60. The van der Waals surface area contributed by atoms with Gasteiger partial charge in [-0.15, -0.1) is 0 Å². The molecule has 0 aliphatic carbocycles. The Morgan fingerprint density at radius 2 is 1.75 bits per heavy atom. The lowest BCUT2D eigenvalue weighted by Crippen LogP contribution is -2.35. The van der Waals surface area contributed by atoms with Crippen molar-refractivity contribution in [1.29, 1.82) is 0 Å². The van der Waals surface area contributed by atoms with E-state index >= 15 is 0 Å². The molecule has 1 aliphatic rings. The quantitative estimate of drug-likeness (QED) is 0.267. The van der Waals surface area contributed by atoms with Gasteiger partial charge in [-0.1, -0.05) is 29.5 Å². The second-order valence-electron chi connectivity index (χ2n) is 9.16. The number of benzene rings is 3. The molecular weight excluding hydrogens is 550 g/mol.